The van der Waals surface area contributed by atoms with Gasteiger partial charge >= 0.3 is 12.1 Å². The molecule has 1 saturated carbocycles. The minimum atomic E-state index is -0.661. The molecular formula is C26H27N3O5. The first-order valence-electron chi connectivity index (χ1n) is 11.3. The molecule has 1 aromatic carbocycles. The number of ether oxygens (including phenoxy) is 2. The fraction of sp³-hybridized carbons (Fsp3) is 0.385. The van der Waals surface area contributed by atoms with Crippen molar-refractivity contribution < 1.29 is 23.6 Å². The van der Waals surface area contributed by atoms with Crippen LogP contribution in [0.1, 0.15) is 62.1 Å². The Morgan fingerprint density at radius 2 is 1.97 bits per heavy atom. The summed E-state index contributed by atoms with van der Waals surface area (Å²) in [4.78, 5) is 29.0. The molecule has 8 heteroatoms. The summed E-state index contributed by atoms with van der Waals surface area (Å²) in [6.07, 6.45) is 4.58. The van der Waals surface area contributed by atoms with Crippen molar-refractivity contribution >= 4 is 23.5 Å². The number of nitrogens with zero attached hydrogens (tertiary/aromatic N) is 2. The molecule has 1 unspecified atom stereocenters. The summed E-state index contributed by atoms with van der Waals surface area (Å²) in [5, 5.41) is 6.63. The lowest BCUT2D eigenvalue weighted by Gasteiger charge is -2.14. The molecule has 0 bridgehead atoms. The third-order valence-corrected chi connectivity index (χ3v) is 5.91. The molecule has 176 valence electrons. The molecule has 8 nitrogen and oxygen atoms in total. The van der Waals surface area contributed by atoms with Gasteiger partial charge in [-0.1, -0.05) is 47.5 Å². The van der Waals surface area contributed by atoms with Crippen molar-refractivity contribution in [1.29, 1.82) is 0 Å². The van der Waals surface area contributed by atoms with Crippen LogP contribution < -0.4 is 5.32 Å². The van der Waals surface area contributed by atoms with Crippen LogP contribution >= 0.6 is 0 Å². The molecule has 0 aliphatic heterocycles. The van der Waals surface area contributed by atoms with E-state index in [0.29, 0.717) is 17.8 Å². The second kappa shape index (κ2) is 9.96. The number of hydrogen-bond acceptors (Lipinski definition) is 7. The highest BCUT2D eigenvalue weighted by molar-refractivity contribution is 5.93. The van der Waals surface area contributed by atoms with Gasteiger partial charge in [0.2, 0.25) is 5.76 Å². The van der Waals surface area contributed by atoms with E-state index in [9.17, 15) is 9.59 Å². The smallest absolute Gasteiger partial charge is 0.412 e. The molecule has 2 aliphatic carbocycles. The van der Waals surface area contributed by atoms with E-state index in [1.165, 1.54) is 7.11 Å². The van der Waals surface area contributed by atoms with Crippen LogP contribution in [0.2, 0.25) is 0 Å². The summed E-state index contributed by atoms with van der Waals surface area (Å²) in [7, 11) is 1.40. The van der Waals surface area contributed by atoms with E-state index < -0.39 is 17.7 Å². The Labute approximate surface area is 198 Å². The van der Waals surface area contributed by atoms with Crippen LogP contribution in [0.3, 0.4) is 0 Å². The number of esters is 1. The van der Waals surface area contributed by atoms with E-state index in [2.05, 4.69) is 27.3 Å². The van der Waals surface area contributed by atoms with Crippen LogP contribution in [-0.4, -0.2) is 35.6 Å². The van der Waals surface area contributed by atoms with Crippen molar-refractivity contribution in [2.24, 2.45) is 4.99 Å². The molecule has 34 heavy (non-hydrogen) atoms. The Kier molecular flexibility index (Phi) is 6.82. The predicted octanol–water partition coefficient (Wildman–Crippen LogP) is 4.90. The van der Waals surface area contributed by atoms with E-state index in [4.69, 9.17) is 14.0 Å². The Morgan fingerprint density at radius 3 is 2.62 bits per heavy atom. The Morgan fingerprint density at radius 1 is 1.21 bits per heavy atom. The standard InChI is InChI=1S/C26H27N3O5/c1-17-23(27-25(31)33-18(2)20-7-5-4-6-8-20)22(34-29-17)14-11-19-9-12-21(13-10-19)28-26(15-16-26)24(30)32-3/h4-9,18H,10,12-13,15-16H2,1-3H3,(H,27,31). The molecular weight excluding hydrogens is 434 g/mol. The maximum atomic E-state index is 12.4. The quantitative estimate of drug-likeness (QED) is 0.502. The molecule has 0 saturated heterocycles. The van der Waals surface area contributed by atoms with Gasteiger partial charge < -0.3 is 14.0 Å². The normalized spacial score (nSPS) is 18.2. The number of aliphatic imine (C=N–C) groups is 1. The minimum Gasteiger partial charge on any atom is -0.467 e. The zero-order valence-electron chi connectivity index (χ0n) is 19.5. The van der Waals surface area contributed by atoms with Crippen LogP contribution in [0.25, 0.3) is 0 Å². The molecule has 1 N–H and O–H groups in total. The Bertz CT molecular complexity index is 1200. The lowest BCUT2D eigenvalue weighted by Crippen LogP contribution is -2.24. The number of benzene rings is 1. The zero-order valence-corrected chi connectivity index (χ0v) is 19.5. The van der Waals surface area contributed by atoms with Crippen molar-refractivity contribution in [2.45, 2.75) is 57.6 Å². The van der Waals surface area contributed by atoms with Gasteiger partial charge in [0.25, 0.3) is 0 Å². The van der Waals surface area contributed by atoms with Gasteiger partial charge in [0.05, 0.1) is 7.11 Å². The van der Waals surface area contributed by atoms with Crippen molar-refractivity contribution in [1.82, 2.24) is 5.16 Å². The third kappa shape index (κ3) is 5.37. The largest absolute Gasteiger partial charge is 0.467 e. The van der Waals surface area contributed by atoms with Gasteiger partial charge in [-0.3, -0.25) is 10.3 Å². The number of hydrogen-bond donors (Lipinski definition) is 1. The summed E-state index contributed by atoms with van der Waals surface area (Å²) >= 11 is 0. The summed E-state index contributed by atoms with van der Waals surface area (Å²) < 4.78 is 15.7. The van der Waals surface area contributed by atoms with Crippen molar-refractivity contribution in [3.8, 4) is 11.8 Å². The number of carbonyl (C=O) groups is 2. The minimum absolute atomic E-state index is 0.257. The van der Waals surface area contributed by atoms with Gasteiger partial charge in [-0.05, 0) is 56.6 Å². The number of rotatable bonds is 5. The fourth-order valence-electron chi connectivity index (χ4n) is 3.74. The van der Waals surface area contributed by atoms with E-state index in [0.717, 1.165) is 42.5 Å². The van der Waals surface area contributed by atoms with Gasteiger partial charge in [-0.25, -0.2) is 9.59 Å². The second-order valence-electron chi connectivity index (χ2n) is 8.44. The highest BCUT2D eigenvalue weighted by Gasteiger charge is 2.51. The molecule has 1 fully saturated rings. The Hall–Kier alpha value is -3.86. The lowest BCUT2D eigenvalue weighted by molar-refractivity contribution is -0.143. The first kappa shape index (κ1) is 23.3. The number of nitrogens with one attached hydrogen (secondary N) is 1. The number of aryl methyl sites for hydroxylation is 1. The van der Waals surface area contributed by atoms with Gasteiger partial charge in [0.1, 0.15) is 17.5 Å². The summed E-state index contributed by atoms with van der Waals surface area (Å²) in [6, 6.07) is 9.48. The summed E-state index contributed by atoms with van der Waals surface area (Å²) in [5.41, 5.74) is 3.07. The first-order chi connectivity index (χ1) is 16.4. The number of carbonyl (C=O) groups excluding carboxylic acids is 2. The fourth-order valence-corrected chi connectivity index (χ4v) is 3.74. The monoisotopic (exact) mass is 461 g/mol. The molecule has 1 aromatic heterocycles. The molecule has 2 aromatic rings. The van der Waals surface area contributed by atoms with Crippen molar-refractivity contribution in [2.75, 3.05) is 12.4 Å². The Balaban J connectivity index is 1.39. The van der Waals surface area contributed by atoms with Crippen LogP contribution in [0, 0.1) is 18.8 Å². The van der Waals surface area contributed by atoms with E-state index >= 15 is 0 Å². The highest BCUT2D eigenvalue weighted by Crippen LogP contribution is 2.41. The summed E-state index contributed by atoms with van der Waals surface area (Å²) in [5.74, 6) is 6.08. The topological polar surface area (TPSA) is 103 Å². The van der Waals surface area contributed by atoms with Gasteiger partial charge in [0, 0.05) is 12.1 Å². The number of aromatic nitrogens is 1. The van der Waals surface area contributed by atoms with Gasteiger partial charge in [-0.2, -0.15) is 0 Å². The van der Waals surface area contributed by atoms with Gasteiger partial charge in [0.15, 0.2) is 5.54 Å². The molecule has 0 radical (unpaired) electrons. The van der Waals surface area contributed by atoms with Crippen LogP contribution in [0.15, 0.2) is 51.5 Å². The SMILES string of the molecule is COC(=O)C1(N=C2CC=C(C#Cc3onc(C)c3NC(=O)OC(C)c3ccccc3)CC2)CC1. The van der Waals surface area contributed by atoms with Crippen LogP contribution in [0.4, 0.5) is 10.5 Å². The van der Waals surface area contributed by atoms with Crippen molar-refractivity contribution in [3.63, 3.8) is 0 Å². The molecule has 1 amide bonds. The average molecular weight is 462 g/mol. The number of amides is 1. The second-order valence-corrected chi connectivity index (χ2v) is 8.44. The van der Waals surface area contributed by atoms with E-state index in [-0.39, 0.29) is 11.7 Å². The number of methoxy groups -OCH3 is 1. The first-order valence-corrected chi connectivity index (χ1v) is 11.3. The van der Waals surface area contributed by atoms with Crippen molar-refractivity contribution in [3.05, 3.63) is 59.0 Å². The predicted molar refractivity (Wildman–Crippen MR) is 126 cm³/mol. The zero-order chi connectivity index (χ0) is 24.1. The van der Waals surface area contributed by atoms with Crippen LogP contribution in [-0.2, 0) is 14.3 Å². The maximum absolute atomic E-state index is 12.4. The molecule has 1 heterocycles. The molecule has 2 aliphatic rings. The van der Waals surface area contributed by atoms with E-state index in [1.54, 1.807) is 13.8 Å². The molecule has 1 atom stereocenters. The maximum Gasteiger partial charge on any atom is 0.412 e. The summed E-state index contributed by atoms with van der Waals surface area (Å²) in [6.45, 7) is 3.53. The highest BCUT2D eigenvalue weighted by atomic mass is 16.6. The number of allylic oxidation sites excluding steroid dienone is 2. The lowest BCUT2D eigenvalue weighted by atomic mass is 9.97. The average Bonchev–Trinajstić information content (AvgIpc) is 3.56. The third-order valence-electron chi connectivity index (χ3n) is 5.91. The number of anilines is 1. The van der Waals surface area contributed by atoms with Crippen LogP contribution in [0.5, 0.6) is 0 Å². The molecule has 4 rings (SSSR count). The van der Waals surface area contributed by atoms with E-state index in [1.807, 2.05) is 36.4 Å². The van der Waals surface area contributed by atoms with Gasteiger partial charge in [-0.15, -0.1) is 0 Å². The molecule has 0 spiro atoms.